The normalized spacial score (nSPS) is 14.1. The summed E-state index contributed by atoms with van der Waals surface area (Å²) in [7, 11) is 1.32. The Balaban J connectivity index is 2.67. The lowest BCUT2D eigenvalue weighted by Crippen LogP contribution is -2.43. The van der Waals surface area contributed by atoms with Crippen LogP contribution in [0.3, 0.4) is 0 Å². The van der Waals surface area contributed by atoms with Crippen molar-refractivity contribution in [3.8, 4) is 0 Å². The molecule has 0 unspecified atom stereocenters. The number of aromatic nitrogens is 2. The summed E-state index contributed by atoms with van der Waals surface area (Å²) in [5.74, 6) is -0.449. The Labute approximate surface area is 133 Å². The van der Waals surface area contributed by atoms with E-state index in [9.17, 15) is 19.2 Å². The summed E-state index contributed by atoms with van der Waals surface area (Å²) in [5.41, 5.74) is -2.13. The molecule has 0 radical (unpaired) electrons. The highest BCUT2D eigenvalue weighted by molar-refractivity contribution is 6.13. The fourth-order valence-electron chi connectivity index (χ4n) is 2.47. The third kappa shape index (κ3) is 2.93. The summed E-state index contributed by atoms with van der Waals surface area (Å²) in [4.78, 5) is 50.2. The highest BCUT2D eigenvalue weighted by Gasteiger charge is 2.39. The number of carbonyl (C=O) groups excluding carboxylic acids is 2. The predicted octanol–water partition coefficient (Wildman–Crippen LogP) is 0.895. The third-order valence-electron chi connectivity index (χ3n) is 3.41. The fourth-order valence-corrected chi connectivity index (χ4v) is 2.47. The van der Waals surface area contributed by atoms with Gasteiger partial charge in [-0.2, -0.15) is 0 Å². The molecule has 126 valence electrons. The van der Waals surface area contributed by atoms with Gasteiger partial charge in [-0.05, 0) is 27.2 Å². The number of ether oxygens (including phenoxy) is 1. The second kappa shape index (κ2) is 5.68. The average Bonchev–Trinajstić information content (AvgIpc) is 2.77. The molecule has 2 rings (SSSR count). The predicted molar refractivity (Wildman–Crippen MR) is 84.1 cm³/mol. The van der Waals surface area contributed by atoms with E-state index in [-0.39, 0.29) is 17.9 Å². The molecule has 0 spiro atoms. The van der Waals surface area contributed by atoms with Gasteiger partial charge in [0.05, 0.1) is 6.54 Å². The molecule has 1 aliphatic heterocycles. The van der Waals surface area contributed by atoms with Gasteiger partial charge in [-0.25, -0.2) is 9.59 Å². The van der Waals surface area contributed by atoms with Crippen molar-refractivity contribution < 1.29 is 14.3 Å². The van der Waals surface area contributed by atoms with E-state index in [1.807, 2.05) is 6.92 Å². The van der Waals surface area contributed by atoms with Crippen LogP contribution in [-0.2, 0) is 18.3 Å². The number of anilines is 1. The van der Waals surface area contributed by atoms with Crippen LogP contribution in [0.5, 0.6) is 0 Å². The molecular weight excluding hydrogens is 302 g/mol. The van der Waals surface area contributed by atoms with Crippen molar-refractivity contribution in [2.24, 2.45) is 7.05 Å². The molecule has 0 aromatic carbocycles. The van der Waals surface area contributed by atoms with Crippen LogP contribution < -0.4 is 16.1 Å². The topological polar surface area (TPSA) is 90.6 Å². The number of rotatable bonds is 2. The van der Waals surface area contributed by atoms with Crippen LogP contribution in [0.4, 0.5) is 10.6 Å². The summed E-state index contributed by atoms with van der Waals surface area (Å²) in [6.07, 6.45) is -0.136. The molecular formula is C15H21N3O5. The van der Waals surface area contributed by atoms with Crippen LogP contribution >= 0.6 is 0 Å². The highest BCUT2D eigenvalue weighted by Crippen LogP contribution is 2.26. The van der Waals surface area contributed by atoms with Crippen LogP contribution in [-0.4, -0.2) is 33.2 Å². The monoisotopic (exact) mass is 323 g/mol. The first-order chi connectivity index (χ1) is 10.6. The van der Waals surface area contributed by atoms with E-state index in [0.29, 0.717) is 13.0 Å². The Morgan fingerprint density at radius 1 is 1.22 bits per heavy atom. The number of Topliss-reactive ketones (excluding diaryl/α,β-unsaturated/α-hetero) is 1. The molecule has 0 saturated carbocycles. The van der Waals surface area contributed by atoms with Gasteiger partial charge in [-0.15, -0.1) is 0 Å². The standard InChI is InChI=1S/C15H21N3O5/c1-6-7-17-11-10(12(20)16(5)13(17)21)9(19)8-18(11)14(22)23-15(2,3)4/h6-8H2,1-5H3. The number of hydrogen-bond donors (Lipinski definition) is 0. The zero-order valence-corrected chi connectivity index (χ0v) is 14.0. The molecule has 0 bridgehead atoms. The maximum Gasteiger partial charge on any atom is 0.416 e. The van der Waals surface area contributed by atoms with E-state index < -0.39 is 28.7 Å². The first-order valence-corrected chi connectivity index (χ1v) is 7.46. The maximum atomic E-state index is 12.4. The Hall–Kier alpha value is -2.38. The lowest BCUT2D eigenvalue weighted by atomic mass is 10.2. The molecule has 8 heteroatoms. The van der Waals surface area contributed by atoms with Crippen LogP contribution in [0.15, 0.2) is 9.59 Å². The van der Waals surface area contributed by atoms with Gasteiger partial charge in [0.25, 0.3) is 5.56 Å². The van der Waals surface area contributed by atoms with E-state index in [4.69, 9.17) is 4.74 Å². The second-order valence-corrected chi connectivity index (χ2v) is 6.49. The largest absolute Gasteiger partial charge is 0.443 e. The van der Waals surface area contributed by atoms with Gasteiger partial charge in [-0.3, -0.25) is 23.6 Å². The van der Waals surface area contributed by atoms with Gasteiger partial charge < -0.3 is 4.74 Å². The molecule has 0 aliphatic carbocycles. The minimum absolute atomic E-state index is 0.0409. The van der Waals surface area contributed by atoms with Crippen LogP contribution in [0, 0.1) is 0 Å². The van der Waals surface area contributed by atoms with E-state index in [1.54, 1.807) is 20.8 Å². The minimum atomic E-state index is -0.751. The quantitative estimate of drug-likeness (QED) is 0.806. The lowest BCUT2D eigenvalue weighted by molar-refractivity contribution is 0.0576. The molecule has 1 aliphatic rings. The fraction of sp³-hybridized carbons (Fsp3) is 0.600. The third-order valence-corrected chi connectivity index (χ3v) is 3.41. The van der Waals surface area contributed by atoms with Gasteiger partial charge >= 0.3 is 11.8 Å². The molecule has 2 heterocycles. The van der Waals surface area contributed by atoms with Gasteiger partial charge in [-0.1, -0.05) is 6.92 Å². The summed E-state index contributed by atoms with van der Waals surface area (Å²) in [6, 6.07) is 0. The summed E-state index contributed by atoms with van der Waals surface area (Å²) in [6.45, 7) is 6.96. The van der Waals surface area contributed by atoms with Crippen molar-refractivity contribution in [1.29, 1.82) is 0 Å². The van der Waals surface area contributed by atoms with Crippen LogP contribution in [0.1, 0.15) is 44.5 Å². The number of fused-ring (bicyclic) bond motifs is 1. The van der Waals surface area contributed by atoms with Gasteiger partial charge in [0.1, 0.15) is 17.0 Å². The van der Waals surface area contributed by atoms with E-state index in [2.05, 4.69) is 0 Å². The molecule has 0 fully saturated rings. The Morgan fingerprint density at radius 3 is 2.35 bits per heavy atom. The first-order valence-electron chi connectivity index (χ1n) is 7.46. The van der Waals surface area contributed by atoms with Crippen LogP contribution in [0.25, 0.3) is 0 Å². The Morgan fingerprint density at radius 2 is 1.83 bits per heavy atom. The summed E-state index contributed by atoms with van der Waals surface area (Å²) in [5, 5.41) is 0. The average molecular weight is 323 g/mol. The first kappa shape index (κ1) is 17.0. The van der Waals surface area contributed by atoms with Crippen molar-refractivity contribution in [1.82, 2.24) is 9.13 Å². The molecule has 0 atom stereocenters. The smallest absolute Gasteiger partial charge is 0.416 e. The lowest BCUT2D eigenvalue weighted by Gasteiger charge is -2.25. The van der Waals surface area contributed by atoms with Crippen molar-refractivity contribution in [2.45, 2.75) is 46.3 Å². The zero-order chi connectivity index (χ0) is 17.5. The molecule has 1 amide bonds. The molecule has 8 nitrogen and oxygen atoms in total. The maximum absolute atomic E-state index is 12.4. The molecule has 0 N–H and O–H groups in total. The molecule has 23 heavy (non-hydrogen) atoms. The molecule has 1 aromatic rings. The molecule has 0 saturated heterocycles. The van der Waals surface area contributed by atoms with E-state index >= 15 is 0 Å². The number of ketones is 1. The number of nitrogens with zero attached hydrogens (tertiary/aromatic N) is 3. The van der Waals surface area contributed by atoms with Gasteiger partial charge in [0, 0.05) is 13.6 Å². The SMILES string of the molecule is CCCn1c2c(c(=O)n(C)c1=O)C(=O)CN2C(=O)OC(C)(C)C. The van der Waals surface area contributed by atoms with E-state index in [0.717, 1.165) is 9.47 Å². The zero-order valence-electron chi connectivity index (χ0n) is 14.0. The minimum Gasteiger partial charge on any atom is -0.443 e. The van der Waals surface area contributed by atoms with Gasteiger partial charge in [0.2, 0.25) is 0 Å². The van der Waals surface area contributed by atoms with Gasteiger partial charge in [0.15, 0.2) is 5.78 Å². The van der Waals surface area contributed by atoms with Crippen molar-refractivity contribution in [2.75, 3.05) is 11.4 Å². The Kier molecular flexibility index (Phi) is 4.19. The van der Waals surface area contributed by atoms with Crippen molar-refractivity contribution in [3.63, 3.8) is 0 Å². The summed E-state index contributed by atoms with van der Waals surface area (Å²) < 4.78 is 7.46. The van der Waals surface area contributed by atoms with E-state index in [1.165, 1.54) is 11.6 Å². The number of hydrogen-bond acceptors (Lipinski definition) is 5. The summed E-state index contributed by atoms with van der Waals surface area (Å²) >= 11 is 0. The number of amides is 1. The van der Waals surface area contributed by atoms with Crippen LogP contribution in [0.2, 0.25) is 0 Å². The number of carbonyl (C=O) groups is 2. The Bertz CT molecular complexity index is 782. The van der Waals surface area contributed by atoms with Crippen molar-refractivity contribution in [3.05, 3.63) is 26.4 Å². The highest BCUT2D eigenvalue weighted by atomic mass is 16.6. The molecule has 1 aromatic heterocycles. The second-order valence-electron chi connectivity index (χ2n) is 6.49. The van der Waals surface area contributed by atoms with Crippen molar-refractivity contribution >= 4 is 17.7 Å².